The molecular formula is C20H34IN3O3. The molecule has 0 amide bonds. The highest BCUT2D eigenvalue weighted by Gasteiger charge is 2.21. The van der Waals surface area contributed by atoms with Crippen molar-refractivity contribution in [2.24, 2.45) is 4.99 Å². The van der Waals surface area contributed by atoms with Gasteiger partial charge < -0.3 is 24.4 Å². The van der Waals surface area contributed by atoms with E-state index < -0.39 is 0 Å². The Kier molecular flexibility index (Phi) is 11.7. The number of likely N-dealkylation sites (tertiary alicyclic amines) is 1. The maximum Gasteiger partial charge on any atom is 0.193 e. The maximum absolute atomic E-state index is 5.93. The molecule has 0 aliphatic carbocycles. The number of benzene rings is 1. The Bertz CT molecular complexity index is 576. The molecule has 0 bridgehead atoms. The lowest BCUT2D eigenvalue weighted by molar-refractivity contribution is 0.00989. The molecule has 1 saturated heterocycles. The molecule has 0 unspecified atom stereocenters. The molecule has 0 aromatic heterocycles. The average molecular weight is 491 g/mol. The van der Waals surface area contributed by atoms with Gasteiger partial charge in [-0.2, -0.15) is 0 Å². The van der Waals surface area contributed by atoms with Gasteiger partial charge >= 0.3 is 0 Å². The third-order valence-corrected chi connectivity index (χ3v) is 4.60. The molecule has 0 radical (unpaired) electrons. The average Bonchev–Trinajstić information content (AvgIpc) is 2.66. The number of hydrogen-bond donors (Lipinski definition) is 1. The van der Waals surface area contributed by atoms with E-state index in [0.717, 1.165) is 63.8 Å². The zero-order valence-corrected chi connectivity index (χ0v) is 19.3. The van der Waals surface area contributed by atoms with Crippen LogP contribution in [0.5, 0.6) is 5.75 Å². The molecular weight excluding hydrogens is 457 g/mol. The first-order valence-corrected chi connectivity index (χ1v) is 9.37. The molecule has 1 heterocycles. The molecule has 27 heavy (non-hydrogen) atoms. The summed E-state index contributed by atoms with van der Waals surface area (Å²) >= 11 is 0. The first-order chi connectivity index (χ1) is 12.7. The Labute approximate surface area is 180 Å². The second-order valence-electron chi connectivity index (χ2n) is 6.66. The van der Waals surface area contributed by atoms with Gasteiger partial charge in [0.05, 0.1) is 13.2 Å². The van der Waals surface area contributed by atoms with E-state index in [-0.39, 0.29) is 24.0 Å². The molecule has 0 atom stereocenters. The summed E-state index contributed by atoms with van der Waals surface area (Å²) in [5, 5.41) is 3.47. The van der Waals surface area contributed by atoms with Crippen LogP contribution < -0.4 is 10.1 Å². The van der Waals surface area contributed by atoms with Gasteiger partial charge in [0.25, 0.3) is 0 Å². The predicted octanol–water partition coefficient (Wildman–Crippen LogP) is 3.21. The minimum Gasteiger partial charge on any atom is -0.497 e. The van der Waals surface area contributed by atoms with Gasteiger partial charge in [-0.3, -0.25) is 4.99 Å². The van der Waals surface area contributed by atoms with Crippen LogP contribution in [0.1, 0.15) is 30.4 Å². The van der Waals surface area contributed by atoms with Gasteiger partial charge in [0.1, 0.15) is 5.75 Å². The third-order valence-electron chi connectivity index (χ3n) is 4.60. The Morgan fingerprint density at radius 1 is 1.19 bits per heavy atom. The van der Waals surface area contributed by atoms with Gasteiger partial charge in [-0.1, -0.05) is 6.07 Å². The molecule has 154 valence electrons. The summed E-state index contributed by atoms with van der Waals surface area (Å²) in [6.45, 7) is 6.29. The van der Waals surface area contributed by atoms with Gasteiger partial charge in [0.2, 0.25) is 0 Å². The normalized spacial score (nSPS) is 15.4. The summed E-state index contributed by atoms with van der Waals surface area (Å²) in [6, 6.07) is 6.27. The number of halogens is 1. The van der Waals surface area contributed by atoms with E-state index in [4.69, 9.17) is 14.2 Å². The summed E-state index contributed by atoms with van der Waals surface area (Å²) in [4.78, 5) is 6.75. The highest BCUT2D eigenvalue weighted by atomic mass is 127. The highest BCUT2D eigenvalue weighted by Crippen LogP contribution is 2.17. The topological polar surface area (TPSA) is 55.3 Å². The lowest BCUT2D eigenvalue weighted by Gasteiger charge is -2.34. The van der Waals surface area contributed by atoms with E-state index in [9.17, 15) is 0 Å². The summed E-state index contributed by atoms with van der Waals surface area (Å²) in [5.74, 6) is 1.84. The molecule has 1 N–H and O–H groups in total. The summed E-state index contributed by atoms with van der Waals surface area (Å²) < 4.78 is 16.3. The van der Waals surface area contributed by atoms with Crippen molar-refractivity contribution in [2.45, 2.75) is 38.8 Å². The number of rotatable bonds is 8. The van der Waals surface area contributed by atoms with Crippen molar-refractivity contribution >= 4 is 29.9 Å². The van der Waals surface area contributed by atoms with Crippen LogP contribution in [-0.4, -0.2) is 64.5 Å². The lowest BCUT2D eigenvalue weighted by Crippen LogP contribution is -2.46. The number of hydrogen-bond acceptors (Lipinski definition) is 4. The van der Waals surface area contributed by atoms with Crippen molar-refractivity contribution in [3.8, 4) is 5.75 Å². The van der Waals surface area contributed by atoms with Crippen LogP contribution in [0.2, 0.25) is 0 Å². The zero-order chi connectivity index (χ0) is 18.8. The first-order valence-electron chi connectivity index (χ1n) is 9.37. The van der Waals surface area contributed by atoms with E-state index in [1.807, 2.05) is 13.1 Å². The van der Waals surface area contributed by atoms with Gasteiger partial charge in [-0.25, -0.2) is 0 Å². The largest absolute Gasteiger partial charge is 0.497 e. The highest BCUT2D eigenvalue weighted by molar-refractivity contribution is 14.0. The zero-order valence-electron chi connectivity index (χ0n) is 17.0. The number of nitrogens with zero attached hydrogens (tertiary/aromatic N) is 2. The smallest absolute Gasteiger partial charge is 0.193 e. The SMILES string of the molecule is CN=C(NCc1cc(C)cc(OC)c1)N1CCC(OCCCOC)CC1.I. The number of ether oxygens (including phenoxy) is 3. The van der Waals surface area contributed by atoms with E-state index in [0.29, 0.717) is 6.10 Å². The molecule has 7 heteroatoms. The number of aliphatic imine (C=N–C) groups is 1. The second kappa shape index (κ2) is 13.2. The Morgan fingerprint density at radius 2 is 1.93 bits per heavy atom. The van der Waals surface area contributed by atoms with Gasteiger partial charge in [-0.05, 0) is 49.4 Å². The molecule has 0 saturated carbocycles. The second-order valence-corrected chi connectivity index (χ2v) is 6.66. The van der Waals surface area contributed by atoms with Gasteiger partial charge in [0, 0.05) is 47.0 Å². The number of methoxy groups -OCH3 is 2. The Hall–Kier alpha value is -1.06. The van der Waals surface area contributed by atoms with Crippen molar-refractivity contribution in [2.75, 3.05) is 47.6 Å². The van der Waals surface area contributed by atoms with Crippen LogP contribution >= 0.6 is 24.0 Å². The quantitative estimate of drug-likeness (QED) is 0.262. The van der Waals surface area contributed by atoms with Crippen molar-refractivity contribution in [3.05, 3.63) is 29.3 Å². The summed E-state index contributed by atoms with van der Waals surface area (Å²) in [6.07, 6.45) is 3.37. The summed E-state index contributed by atoms with van der Waals surface area (Å²) in [5.41, 5.74) is 2.39. The number of nitrogens with one attached hydrogen (secondary N) is 1. The van der Waals surface area contributed by atoms with Gasteiger partial charge in [0.15, 0.2) is 5.96 Å². The fourth-order valence-corrected chi connectivity index (χ4v) is 3.25. The first kappa shape index (κ1) is 24.0. The molecule has 1 fully saturated rings. The van der Waals surface area contributed by atoms with Gasteiger partial charge in [-0.15, -0.1) is 24.0 Å². The molecule has 1 aliphatic heterocycles. The Morgan fingerprint density at radius 3 is 2.56 bits per heavy atom. The monoisotopic (exact) mass is 491 g/mol. The third kappa shape index (κ3) is 8.23. The van der Waals surface area contributed by atoms with Crippen molar-refractivity contribution in [1.29, 1.82) is 0 Å². The molecule has 2 rings (SSSR count). The van der Waals surface area contributed by atoms with E-state index in [2.05, 4.69) is 34.3 Å². The fourth-order valence-electron chi connectivity index (χ4n) is 3.25. The van der Waals surface area contributed by atoms with E-state index in [1.165, 1.54) is 11.1 Å². The van der Waals surface area contributed by atoms with Crippen LogP contribution in [0.25, 0.3) is 0 Å². The van der Waals surface area contributed by atoms with Crippen LogP contribution in [-0.2, 0) is 16.0 Å². The summed E-state index contributed by atoms with van der Waals surface area (Å²) in [7, 11) is 5.27. The van der Waals surface area contributed by atoms with Crippen LogP contribution in [0.15, 0.2) is 23.2 Å². The maximum atomic E-state index is 5.93. The minimum absolute atomic E-state index is 0. The van der Waals surface area contributed by atoms with Crippen molar-refractivity contribution in [3.63, 3.8) is 0 Å². The number of piperidine rings is 1. The van der Waals surface area contributed by atoms with Crippen LogP contribution in [0.4, 0.5) is 0 Å². The molecule has 1 aromatic rings. The molecule has 6 nitrogen and oxygen atoms in total. The number of aryl methyl sites for hydroxylation is 1. The van der Waals surface area contributed by atoms with Crippen molar-refractivity contribution in [1.82, 2.24) is 10.2 Å². The lowest BCUT2D eigenvalue weighted by atomic mass is 10.1. The molecule has 1 aliphatic rings. The van der Waals surface area contributed by atoms with Crippen LogP contribution in [0.3, 0.4) is 0 Å². The fraction of sp³-hybridized carbons (Fsp3) is 0.650. The standard InChI is InChI=1S/C20H33N3O3.HI/c1-16-12-17(14-19(13-16)25-4)15-22-20(21-2)23-8-6-18(7-9-23)26-11-5-10-24-3;/h12-14,18H,5-11,15H2,1-4H3,(H,21,22);1H. The minimum atomic E-state index is 0. The Balaban J connectivity index is 0.00000364. The molecule has 1 aromatic carbocycles. The predicted molar refractivity (Wildman–Crippen MR) is 120 cm³/mol. The van der Waals surface area contributed by atoms with E-state index >= 15 is 0 Å². The molecule has 0 spiro atoms. The van der Waals surface area contributed by atoms with E-state index in [1.54, 1.807) is 14.2 Å². The van der Waals surface area contributed by atoms with Crippen molar-refractivity contribution < 1.29 is 14.2 Å². The van der Waals surface area contributed by atoms with Crippen LogP contribution in [0, 0.1) is 6.92 Å². The number of guanidine groups is 1.